The van der Waals surface area contributed by atoms with Crippen molar-refractivity contribution in [2.24, 2.45) is 0 Å². The third-order valence-electron chi connectivity index (χ3n) is 12.2. The van der Waals surface area contributed by atoms with Gasteiger partial charge in [0.15, 0.2) is 17.2 Å². The van der Waals surface area contributed by atoms with Gasteiger partial charge >= 0.3 is 0 Å². The van der Waals surface area contributed by atoms with Crippen LogP contribution in [0.25, 0.3) is 122 Å². The fourth-order valence-electron chi connectivity index (χ4n) is 9.24. The zero-order chi connectivity index (χ0) is 41.4. The van der Waals surface area contributed by atoms with E-state index >= 15 is 0 Å². The molecule has 7 nitrogen and oxygen atoms in total. The molecule has 0 saturated heterocycles. The molecule has 0 aliphatic rings. The van der Waals surface area contributed by atoms with Crippen LogP contribution in [0.15, 0.2) is 211 Å². The molecule has 0 saturated carbocycles. The monoisotopic (exact) mass is 806 g/mol. The number of hydrogen-bond acceptors (Lipinski definition) is 5. The van der Waals surface area contributed by atoms with Crippen LogP contribution < -0.4 is 0 Å². The standard InChI is InChI=1S/C56H34N6O/c1-2-14-37(15-3-1)53-58-54(38-28-25-36(26-29-38)40-30-27-35-13-4-5-16-39(35)33-40)60-56(59-53)62-49-23-10-7-20-44(49)46-32-31-45-43-19-6-9-22-48(43)61(51(45)52(46)62)42-18-12-17-41(34-42)55-57-47-21-8-11-24-50(47)63-55/h1-34H. The topological polar surface area (TPSA) is 74.6 Å². The average molecular weight is 807 g/mol. The Kier molecular flexibility index (Phi) is 7.77. The molecule has 0 radical (unpaired) electrons. The van der Waals surface area contributed by atoms with E-state index < -0.39 is 0 Å². The summed E-state index contributed by atoms with van der Waals surface area (Å²) in [6, 6.07) is 71.7. The average Bonchev–Trinajstić information content (AvgIpc) is 4.05. The zero-order valence-corrected chi connectivity index (χ0v) is 33.7. The molecule has 0 N–H and O–H groups in total. The first-order chi connectivity index (χ1) is 31.2. The second-order valence-electron chi connectivity index (χ2n) is 15.9. The summed E-state index contributed by atoms with van der Waals surface area (Å²) in [5, 5.41) is 6.90. The van der Waals surface area contributed by atoms with E-state index in [1.54, 1.807) is 0 Å². The summed E-state index contributed by atoms with van der Waals surface area (Å²) in [6.07, 6.45) is 0. The molecule has 0 fully saturated rings. The van der Waals surface area contributed by atoms with Crippen molar-refractivity contribution in [1.29, 1.82) is 0 Å². The van der Waals surface area contributed by atoms with E-state index in [0.29, 0.717) is 23.5 Å². The predicted molar refractivity (Wildman–Crippen MR) is 255 cm³/mol. The zero-order valence-electron chi connectivity index (χ0n) is 33.7. The Hall–Kier alpha value is -8.68. The van der Waals surface area contributed by atoms with Crippen molar-refractivity contribution in [3.63, 3.8) is 0 Å². The minimum atomic E-state index is 0.535. The van der Waals surface area contributed by atoms with Crippen LogP contribution in [-0.4, -0.2) is 29.1 Å². The van der Waals surface area contributed by atoms with Gasteiger partial charge in [0, 0.05) is 43.9 Å². The molecule has 4 heterocycles. The van der Waals surface area contributed by atoms with Crippen LogP contribution in [-0.2, 0) is 0 Å². The molecule has 7 heteroatoms. The summed E-state index contributed by atoms with van der Waals surface area (Å²) in [7, 11) is 0. The largest absolute Gasteiger partial charge is 0.436 e. The second-order valence-corrected chi connectivity index (χ2v) is 15.9. The lowest BCUT2D eigenvalue weighted by Gasteiger charge is -2.14. The van der Waals surface area contributed by atoms with Gasteiger partial charge in [-0.25, -0.2) is 9.97 Å². The molecule has 0 amide bonds. The van der Waals surface area contributed by atoms with E-state index in [1.807, 2.05) is 42.5 Å². The number of para-hydroxylation sites is 4. The number of oxazole rings is 1. The summed E-state index contributed by atoms with van der Waals surface area (Å²) in [5.41, 5.74) is 11.7. The normalized spacial score (nSPS) is 11.8. The van der Waals surface area contributed by atoms with Crippen molar-refractivity contribution in [2.75, 3.05) is 0 Å². The molecule has 4 aromatic heterocycles. The van der Waals surface area contributed by atoms with Crippen LogP contribution >= 0.6 is 0 Å². The molecule has 0 bridgehead atoms. The highest BCUT2D eigenvalue weighted by molar-refractivity contribution is 6.23. The molecule has 0 unspecified atom stereocenters. The van der Waals surface area contributed by atoms with E-state index in [1.165, 1.54) is 10.8 Å². The molecule has 0 aliphatic heterocycles. The van der Waals surface area contributed by atoms with E-state index in [-0.39, 0.29) is 0 Å². The lowest BCUT2D eigenvalue weighted by molar-refractivity contribution is 0.620. The van der Waals surface area contributed by atoms with Gasteiger partial charge in [-0.3, -0.25) is 4.57 Å². The lowest BCUT2D eigenvalue weighted by atomic mass is 10.0. The molecular formula is C56H34N6O. The highest BCUT2D eigenvalue weighted by Crippen LogP contribution is 2.42. The third kappa shape index (κ3) is 5.67. The molecule has 0 atom stereocenters. The van der Waals surface area contributed by atoms with E-state index in [2.05, 4.69) is 173 Å². The van der Waals surface area contributed by atoms with Crippen molar-refractivity contribution in [1.82, 2.24) is 29.1 Å². The summed E-state index contributed by atoms with van der Waals surface area (Å²) in [5.74, 6) is 2.30. The quantitative estimate of drug-likeness (QED) is 0.167. The maximum Gasteiger partial charge on any atom is 0.238 e. The minimum absolute atomic E-state index is 0.535. The van der Waals surface area contributed by atoms with E-state index in [4.69, 9.17) is 24.4 Å². The number of fused-ring (bicyclic) bond motifs is 9. The summed E-state index contributed by atoms with van der Waals surface area (Å²) >= 11 is 0. The number of nitrogens with zero attached hydrogens (tertiary/aromatic N) is 6. The van der Waals surface area contributed by atoms with Gasteiger partial charge < -0.3 is 8.98 Å². The molecule has 13 aromatic rings. The van der Waals surface area contributed by atoms with Crippen molar-refractivity contribution >= 4 is 65.5 Å². The van der Waals surface area contributed by atoms with Crippen molar-refractivity contribution in [3.05, 3.63) is 206 Å². The summed E-state index contributed by atoms with van der Waals surface area (Å²) in [6.45, 7) is 0. The number of benzene rings is 9. The molecule has 294 valence electrons. The van der Waals surface area contributed by atoms with Gasteiger partial charge in [0.25, 0.3) is 0 Å². The van der Waals surface area contributed by atoms with Crippen molar-refractivity contribution in [2.45, 2.75) is 0 Å². The Bertz CT molecular complexity index is 3880. The van der Waals surface area contributed by atoms with Crippen LogP contribution in [0.3, 0.4) is 0 Å². The highest BCUT2D eigenvalue weighted by Gasteiger charge is 2.24. The van der Waals surface area contributed by atoms with Gasteiger partial charge in [-0.05, 0) is 70.4 Å². The Labute approximate surface area is 360 Å². The van der Waals surface area contributed by atoms with Crippen molar-refractivity contribution in [3.8, 4) is 57.0 Å². The Morgan fingerprint density at radius 1 is 0.349 bits per heavy atom. The fraction of sp³-hybridized carbons (Fsp3) is 0. The van der Waals surface area contributed by atoms with Gasteiger partial charge in [-0.1, -0.05) is 158 Å². The highest BCUT2D eigenvalue weighted by atomic mass is 16.3. The van der Waals surface area contributed by atoms with Crippen LogP contribution in [0.1, 0.15) is 0 Å². The van der Waals surface area contributed by atoms with Gasteiger partial charge in [0.2, 0.25) is 11.8 Å². The molecule has 13 rings (SSSR count). The van der Waals surface area contributed by atoms with Crippen molar-refractivity contribution < 1.29 is 4.42 Å². The third-order valence-corrected chi connectivity index (χ3v) is 12.2. The van der Waals surface area contributed by atoms with Crippen LogP contribution in [0.2, 0.25) is 0 Å². The Morgan fingerprint density at radius 3 is 1.70 bits per heavy atom. The van der Waals surface area contributed by atoms with Crippen LogP contribution in [0.5, 0.6) is 0 Å². The van der Waals surface area contributed by atoms with Gasteiger partial charge in [-0.15, -0.1) is 0 Å². The Balaban J connectivity index is 1.06. The maximum absolute atomic E-state index is 6.28. The Morgan fingerprint density at radius 2 is 0.937 bits per heavy atom. The van der Waals surface area contributed by atoms with Crippen LogP contribution in [0.4, 0.5) is 0 Å². The van der Waals surface area contributed by atoms with Gasteiger partial charge in [0.05, 0.1) is 22.1 Å². The number of hydrogen-bond donors (Lipinski definition) is 0. The first-order valence-electron chi connectivity index (χ1n) is 21.1. The van der Waals surface area contributed by atoms with Gasteiger partial charge in [-0.2, -0.15) is 9.97 Å². The molecular weight excluding hydrogens is 773 g/mol. The smallest absolute Gasteiger partial charge is 0.238 e. The summed E-state index contributed by atoms with van der Waals surface area (Å²) < 4.78 is 10.9. The predicted octanol–water partition coefficient (Wildman–Crippen LogP) is 14.0. The molecule has 0 aliphatic carbocycles. The molecule has 0 spiro atoms. The summed E-state index contributed by atoms with van der Waals surface area (Å²) in [4.78, 5) is 20.7. The minimum Gasteiger partial charge on any atom is -0.436 e. The number of aromatic nitrogens is 6. The van der Waals surface area contributed by atoms with Crippen LogP contribution in [0, 0.1) is 0 Å². The SMILES string of the molecule is c1ccc(-c2nc(-c3ccc(-c4ccc5ccccc5c4)cc3)nc(-n3c4ccccc4c4ccc5c6ccccc6n(-c6cccc(-c7nc8ccccc8o7)c6)c5c43)n2)cc1. The molecule has 9 aromatic carbocycles. The van der Waals surface area contributed by atoms with Gasteiger partial charge in [0.1, 0.15) is 5.52 Å². The fourth-order valence-corrected chi connectivity index (χ4v) is 9.24. The van der Waals surface area contributed by atoms with E-state index in [9.17, 15) is 0 Å². The number of rotatable bonds is 6. The second kappa shape index (κ2) is 13.9. The first kappa shape index (κ1) is 35.1. The van der Waals surface area contributed by atoms with E-state index in [0.717, 1.165) is 88.2 Å². The molecule has 63 heavy (non-hydrogen) atoms. The maximum atomic E-state index is 6.28. The first-order valence-corrected chi connectivity index (χ1v) is 21.1. The lowest BCUT2D eigenvalue weighted by Crippen LogP contribution is -2.07.